The van der Waals surface area contributed by atoms with Crippen molar-refractivity contribution in [2.75, 3.05) is 4.90 Å². The Bertz CT molecular complexity index is 3140. The molecule has 0 N–H and O–H groups in total. The molecule has 0 radical (unpaired) electrons. The number of hydrogen-bond donors (Lipinski definition) is 0. The van der Waals surface area contributed by atoms with Crippen molar-refractivity contribution in [1.29, 1.82) is 0 Å². The van der Waals surface area contributed by atoms with Crippen molar-refractivity contribution < 1.29 is 0 Å². The summed E-state index contributed by atoms with van der Waals surface area (Å²) in [7, 11) is -4.57. The summed E-state index contributed by atoms with van der Waals surface area (Å²) in [5.74, 6) is 0. The van der Waals surface area contributed by atoms with Crippen LogP contribution in [-0.2, 0) is 0 Å². The Morgan fingerprint density at radius 3 is 1.23 bits per heavy atom. The van der Waals surface area contributed by atoms with E-state index in [1.807, 2.05) is 11.8 Å². The Labute approximate surface area is 382 Å². The minimum atomic E-state index is -2.72. The molecule has 0 atom stereocenters. The first-order valence-electron chi connectivity index (χ1n) is 21.9. The molecular weight excluding hydrogens is 827 g/mol. The van der Waals surface area contributed by atoms with Gasteiger partial charge in [-0.3, -0.25) is 0 Å². The number of hydrogen-bond acceptors (Lipinski definition) is 2. The average Bonchev–Trinajstić information content (AvgIpc) is 3.66. The zero-order valence-corrected chi connectivity index (χ0v) is 37.7. The van der Waals surface area contributed by atoms with E-state index in [0.29, 0.717) is 0 Å². The van der Waals surface area contributed by atoms with Crippen molar-refractivity contribution >= 4 is 67.7 Å². The van der Waals surface area contributed by atoms with E-state index in [1.165, 1.54) is 72.4 Å². The largest absolute Gasteiger partial charge is 0.311 e. The summed E-state index contributed by atoms with van der Waals surface area (Å²) in [4.78, 5) is 10.4. The molecule has 1 spiro atoms. The van der Waals surface area contributed by atoms with Crippen molar-refractivity contribution in [3.63, 3.8) is 0 Å². The second kappa shape index (κ2) is 15.9. The first-order chi connectivity index (χ1) is 31.7. The van der Waals surface area contributed by atoms with Gasteiger partial charge in [0.2, 0.25) is 0 Å². The summed E-state index contributed by atoms with van der Waals surface area (Å²) in [5.41, 5.74) is 8.50. The fourth-order valence-corrected chi connectivity index (χ4v) is 21.6. The van der Waals surface area contributed by atoms with Crippen molar-refractivity contribution in [3.8, 4) is 22.3 Å². The molecule has 1 nitrogen and oxygen atoms in total. The van der Waals surface area contributed by atoms with E-state index in [0.717, 1.165) is 17.1 Å². The van der Waals surface area contributed by atoms with Crippen LogP contribution >= 0.6 is 21.8 Å². The number of benzene rings is 10. The van der Waals surface area contributed by atoms with Gasteiger partial charge in [0.05, 0.1) is 0 Å². The molecular formula is C60H43NS2Si. The van der Waals surface area contributed by atoms with Crippen LogP contribution < -0.4 is 25.6 Å². The lowest BCUT2D eigenvalue weighted by atomic mass is 10.0. The van der Waals surface area contributed by atoms with Crippen LogP contribution in [0.1, 0.15) is 0 Å². The third-order valence-electron chi connectivity index (χ3n) is 13.1. The maximum atomic E-state index is 2.55. The van der Waals surface area contributed by atoms with E-state index in [9.17, 15) is 0 Å². The highest BCUT2D eigenvalue weighted by Crippen LogP contribution is 2.73. The predicted molar refractivity (Wildman–Crippen MR) is 273 cm³/mol. The van der Waals surface area contributed by atoms with Gasteiger partial charge in [0.1, 0.15) is 0 Å². The minimum Gasteiger partial charge on any atom is -0.311 e. The van der Waals surface area contributed by atoms with Gasteiger partial charge in [-0.25, -0.2) is 0 Å². The lowest BCUT2D eigenvalue weighted by Gasteiger charge is -2.42. The molecule has 0 aliphatic carbocycles. The molecule has 12 rings (SSSR count). The van der Waals surface area contributed by atoms with Crippen LogP contribution in [0.3, 0.4) is 0 Å². The van der Waals surface area contributed by atoms with Gasteiger partial charge in [-0.15, -0.1) is 10.0 Å². The molecule has 0 amide bonds. The molecule has 304 valence electrons. The molecule has 4 heteroatoms. The van der Waals surface area contributed by atoms with E-state index in [-0.39, 0.29) is 0 Å². The zero-order valence-electron chi connectivity index (χ0n) is 35.1. The maximum absolute atomic E-state index is 2.72. The standard InChI is InChI=1S/C60H43NS2Si/c1-5-19-44(20-6-1)45-33-35-46(36-34-45)61(47-37-40-52(41-38-47)63(49-21-7-2-8-22-49,50-23-9-3-10-24-50)51-25-11-4-12-26-51)48-39-42-54-53-27-13-16-30-57(53)64(60(54)43-48)58-31-17-14-28-55(58)62-56-29-15-18-32-59(56)64/h1-43H. The number of nitrogens with zero attached hydrogens (tertiary/aromatic N) is 1. The Morgan fingerprint density at radius 1 is 0.297 bits per heavy atom. The van der Waals surface area contributed by atoms with Gasteiger partial charge in [-0.05, 0) is 140 Å². The van der Waals surface area contributed by atoms with E-state index in [1.54, 1.807) is 0 Å². The SMILES string of the molecule is c1ccc(-c2ccc(N(c3ccc(S(c4ccccc4)(c4ccccc4)c4ccccc4)cc3)c3ccc4c(c3)[Si]3(c5ccccc5Sc5ccccc53)c3ccccc3-4)cc2)cc1. The maximum Gasteiger partial charge on any atom is 0.183 e. The minimum absolute atomic E-state index is 1.12. The summed E-state index contributed by atoms with van der Waals surface area (Å²) in [6.07, 6.45) is 0. The fraction of sp³-hybridized carbons (Fsp3) is 0. The molecule has 0 bridgehead atoms. The highest BCUT2D eigenvalue weighted by atomic mass is 32.3. The summed E-state index contributed by atoms with van der Waals surface area (Å²) < 4.78 is 0. The van der Waals surface area contributed by atoms with E-state index < -0.39 is 18.1 Å². The van der Waals surface area contributed by atoms with Gasteiger partial charge in [0.15, 0.2) is 8.07 Å². The number of fused-ring (bicyclic) bond motifs is 9. The van der Waals surface area contributed by atoms with Crippen molar-refractivity contribution in [1.82, 2.24) is 0 Å². The van der Waals surface area contributed by atoms with Crippen LogP contribution in [-0.4, -0.2) is 8.07 Å². The van der Waals surface area contributed by atoms with Crippen LogP contribution in [0.5, 0.6) is 0 Å². The van der Waals surface area contributed by atoms with Crippen molar-refractivity contribution in [2.24, 2.45) is 0 Å². The monoisotopic (exact) mass is 869 g/mol. The van der Waals surface area contributed by atoms with Crippen molar-refractivity contribution in [2.45, 2.75) is 29.4 Å². The lowest BCUT2D eigenvalue weighted by molar-refractivity contribution is 1.23. The molecule has 2 heterocycles. The normalized spacial score (nSPS) is 13.3. The van der Waals surface area contributed by atoms with Gasteiger partial charge in [0.25, 0.3) is 0 Å². The summed E-state index contributed by atoms with van der Waals surface area (Å²) in [5, 5.41) is 5.89. The molecule has 0 saturated heterocycles. The van der Waals surface area contributed by atoms with Gasteiger partial charge in [-0.2, -0.15) is 0 Å². The first-order valence-corrected chi connectivity index (χ1v) is 26.4. The number of anilines is 3. The smallest absolute Gasteiger partial charge is 0.183 e. The zero-order chi connectivity index (χ0) is 42.5. The highest BCUT2D eigenvalue weighted by Gasteiger charge is 2.52. The Morgan fingerprint density at radius 2 is 0.688 bits per heavy atom. The Balaban J connectivity index is 1.08. The molecule has 0 saturated carbocycles. The molecule has 10 aromatic rings. The van der Waals surface area contributed by atoms with Crippen LogP contribution in [0, 0.1) is 0 Å². The molecule has 2 aliphatic rings. The van der Waals surface area contributed by atoms with E-state index in [4.69, 9.17) is 0 Å². The summed E-state index contributed by atoms with van der Waals surface area (Å²) in [6.45, 7) is 0. The quantitative estimate of drug-likeness (QED) is 0.140. The first kappa shape index (κ1) is 38.6. The third kappa shape index (κ3) is 6.01. The molecule has 0 aromatic heterocycles. The molecule has 10 aromatic carbocycles. The second-order valence-corrected chi connectivity index (χ2v) is 24.3. The fourth-order valence-electron chi connectivity index (χ4n) is 10.4. The Kier molecular flexibility index (Phi) is 9.60. The van der Waals surface area contributed by atoms with E-state index in [2.05, 4.69) is 266 Å². The van der Waals surface area contributed by atoms with Crippen LogP contribution in [0.15, 0.2) is 290 Å². The Hall–Kier alpha value is -7.08. The van der Waals surface area contributed by atoms with Crippen LogP contribution in [0.4, 0.5) is 17.1 Å². The molecule has 2 aliphatic heterocycles. The van der Waals surface area contributed by atoms with Gasteiger partial charge in [-0.1, -0.05) is 176 Å². The van der Waals surface area contributed by atoms with Crippen LogP contribution in [0.2, 0.25) is 0 Å². The van der Waals surface area contributed by atoms with E-state index >= 15 is 0 Å². The van der Waals surface area contributed by atoms with Gasteiger partial charge in [0, 0.05) is 46.4 Å². The number of rotatable bonds is 8. The highest BCUT2D eigenvalue weighted by molar-refractivity contribution is 8.34. The lowest BCUT2D eigenvalue weighted by Crippen LogP contribution is -2.74. The third-order valence-corrected chi connectivity index (χ3v) is 23.4. The van der Waals surface area contributed by atoms with Crippen molar-refractivity contribution in [3.05, 3.63) is 261 Å². The molecule has 0 fully saturated rings. The molecule has 64 heavy (non-hydrogen) atoms. The second-order valence-electron chi connectivity index (χ2n) is 16.4. The van der Waals surface area contributed by atoms with Gasteiger partial charge < -0.3 is 4.90 Å². The topological polar surface area (TPSA) is 3.24 Å². The van der Waals surface area contributed by atoms with Gasteiger partial charge >= 0.3 is 0 Å². The van der Waals surface area contributed by atoms with Crippen LogP contribution in [0.25, 0.3) is 22.3 Å². The molecule has 0 unspecified atom stereocenters. The predicted octanol–water partition coefficient (Wildman–Crippen LogP) is 14.0. The summed E-state index contributed by atoms with van der Waals surface area (Å²) >= 11 is 1.92. The average molecular weight is 870 g/mol. The summed E-state index contributed by atoms with van der Waals surface area (Å²) in [6, 6.07) is 97.6.